The van der Waals surface area contributed by atoms with Crippen molar-refractivity contribution in [3.8, 4) is 5.75 Å². The van der Waals surface area contributed by atoms with Crippen molar-refractivity contribution in [2.24, 2.45) is 0 Å². The van der Waals surface area contributed by atoms with Gasteiger partial charge in [0.25, 0.3) is 5.91 Å². The highest BCUT2D eigenvalue weighted by atomic mass is 16.5. The summed E-state index contributed by atoms with van der Waals surface area (Å²) < 4.78 is 5.49. The zero-order valence-electron chi connectivity index (χ0n) is 11.2. The van der Waals surface area contributed by atoms with Gasteiger partial charge in [0.2, 0.25) is 0 Å². The van der Waals surface area contributed by atoms with Crippen LogP contribution in [-0.2, 0) is 4.79 Å². The largest absolute Gasteiger partial charge is 0.492 e. The Morgan fingerprint density at radius 2 is 1.95 bits per heavy atom. The molecular formula is C14H18N2O3. The highest BCUT2D eigenvalue weighted by Crippen LogP contribution is 2.20. The Labute approximate surface area is 112 Å². The van der Waals surface area contributed by atoms with Gasteiger partial charge < -0.3 is 10.1 Å². The van der Waals surface area contributed by atoms with E-state index in [1.54, 1.807) is 6.92 Å². The van der Waals surface area contributed by atoms with Crippen LogP contribution in [0.2, 0.25) is 0 Å². The third kappa shape index (κ3) is 2.70. The number of carbonyl (C=O) groups excluding carboxylic acids is 2. The molecule has 2 rings (SSSR count). The molecule has 0 aromatic heterocycles. The van der Waals surface area contributed by atoms with Gasteiger partial charge in [-0.25, -0.2) is 4.79 Å². The van der Waals surface area contributed by atoms with E-state index < -0.39 is 5.54 Å². The summed E-state index contributed by atoms with van der Waals surface area (Å²) >= 11 is 0. The number of rotatable bonds is 5. The highest BCUT2D eigenvalue weighted by molar-refractivity contribution is 6.06. The van der Waals surface area contributed by atoms with Gasteiger partial charge in [0.1, 0.15) is 17.9 Å². The number of benzene rings is 1. The maximum absolute atomic E-state index is 12.1. The Bertz CT molecular complexity index is 475. The minimum Gasteiger partial charge on any atom is -0.492 e. The van der Waals surface area contributed by atoms with Crippen LogP contribution in [0.3, 0.4) is 0 Å². The molecule has 1 aromatic carbocycles. The Morgan fingerprint density at radius 3 is 2.53 bits per heavy atom. The number of amides is 3. The molecule has 1 heterocycles. The Balaban J connectivity index is 1.90. The lowest BCUT2D eigenvalue weighted by molar-refractivity contribution is -0.131. The van der Waals surface area contributed by atoms with Crippen LogP contribution in [0.25, 0.3) is 0 Å². The second-order valence-corrected chi connectivity index (χ2v) is 4.73. The van der Waals surface area contributed by atoms with Gasteiger partial charge in [-0.05, 0) is 25.5 Å². The quantitative estimate of drug-likeness (QED) is 0.823. The zero-order valence-corrected chi connectivity index (χ0v) is 11.2. The number of imide groups is 1. The second kappa shape index (κ2) is 5.30. The monoisotopic (exact) mass is 262 g/mol. The topological polar surface area (TPSA) is 58.6 Å². The molecule has 3 amide bonds. The number of hydrogen-bond acceptors (Lipinski definition) is 3. The first-order chi connectivity index (χ1) is 9.07. The lowest BCUT2D eigenvalue weighted by Crippen LogP contribution is -2.43. The first-order valence-electron chi connectivity index (χ1n) is 6.39. The van der Waals surface area contributed by atoms with E-state index in [0.717, 1.165) is 5.75 Å². The molecule has 5 nitrogen and oxygen atoms in total. The molecule has 5 heteroatoms. The summed E-state index contributed by atoms with van der Waals surface area (Å²) in [5.41, 5.74) is -0.774. The van der Waals surface area contributed by atoms with E-state index in [2.05, 4.69) is 5.32 Å². The van der Waals surface area contributed by atoms with Crippen molar-refractivity contribution in [1.29, 1.82) is 0 Å². The molecule has 0 saturated carbocycles. The van der Waals surface area contributed by atoms with Crippen LogP contribution in [0.15, 0.2) is 30.3 Å². The number of hydrogen-bond donors (Lipinski definition) is 1. The maximum atomic E-state index is 12.1. The molecule has 0 radical (unpaired) electrons. The van der Waals surface area contributed by atoms with Crippen molar-refractivity contribution in [3.63, 3.8) is 0 Å². The minimum absolute atomic E-state index is 0.184. The van der Waals surface area contributed by atoms with Gasteiger partial charge in [-0.15, -0.1) is 0 Å². The van der Waals surface area contributed by atoms with Crippen LogP contribution in [0.1, 0.15) is 20.3 Å². The molecule has 19 heavy (non-hydrogen) atoms. The van der Waals surface area contributed by atoms with Crippen LogP contribution in [0.4, 0.5) is 4.79 Å². The van der Waals surface area contributed by atoms with Crippen LogP contribution < -0.4 is 10.1 Å². The van der Waals surface area contributed by atoms with Crippen molar-refractivity contribution >= 4 is 11.9 Å². The summed E-state index contributed by atoms with van der Waals surface area (Å²) in [4.78, 5) is 25.1. The van der Waals surface area contributed by atoms with E-state index in [-0.39, 0.29) is 18.5 Å². The van der Waals surface area contributed by atoms with E-state index in [0.29, 0.717) is 13.0 Å². The van der Waals surface area contributed by atoms with Crippen molar-refractivity contribution in [3.05, 3.63) is 30.3 Å². The molecule has 1 aliphatic heterocycles. The minimum atomic E-state index is -0.774. The van der Waals surface area contributed by atoms with Gasteiger partial charge in [0, 0.05) is 0 Å². The highest BCUT2D eigenvalue weighted by Gasteiger charge is 2.46. The first kappa shape index (κ1) is 13.4. The lowest BCUT2D eigenvalue weighted by atomic mass is 9.99. The fraction of sp³-hybridized carbons (Fsp3) is 0.429. The van der Waals surface area contributed by atoms with Crippen LogP contribution in [-0.4, -0.2) is 35.5 Å². The molecule has 1 fully saturated rings. The molecule has 1 N–H and O–H groups in total. The Morgan fingerprint density at radius 1 is 1.26 bits per heavy atom. The SMILES string of the molecule is CCC1(C)NC(=O)N(CCOc2ccccc2)C1=O. The predicted octanol–water partition coefficient (Wildman–Crippen LogP) is 1.79. The van der Waals surface area contributed by atoms with Crippen molar-refractivity contribution in [2.75, 3.05) is 13.2 Å². The molecule has 0 bridgehead atoms. The normalized spacial score (nSPS) is 22.5. The summed E-state index contributed by atoms with van der Waals surface area (Å²) in [7, 11) is 0. The third-order valence-electron chi connectivity index (χ3n) is 3.38. The van der Waals surface area contributed by atoms with Gasteiger partial charge in [-0.3, -0.25) is 9.69 Å². The average Bonchev–Trinajstić information content (AvgIpc) is 2.64. The first-order valence-corrected chi connectivity index (χ1v) is 6.39. The van der Waals surface area contributed by atoms with Crippen molar-refractivity contribution in [2.45, 2.75) is 25.8 Å². The fourth-order valence-corrected chi connectivity index (χ4v) is 1.96. The van der Waals surface area contributed by atoms with Crippen LogP contribution >= 0.6 is 0 Å². The summed E-state index contributed by atoms with van der Waals surface area (Å²) in [5.74, 6) is 0.546. The van der Waals surface area contributed by atoms with Crippen LogP contribution in [0.5, 0.6) is 5.75 Å². The second-order valence-electron chi connectivity index (χ2n) is 4.73. The predicted molar refractivity (Wildman–Crippen MR) is 70.9 cm³/mol. The van der Waals surface area contributed by atoms with Crippen LogP contribution in [0, 0.1) is 0 Å². The smallest absolute Gasteiger partial charge is 0.325 e. The third-order valence-corrected chi connectivity index (χ3v) is 3.38. The summed E-state index contributed by atoms with van der Waals surface area (Å²) in [5, 5.41) is 2.71. The Hall–Kier alpha value is -2.04. The van der Waals surface area contributed by atoms with Crippen molar-refractivity contribution < 1.29 is 14.3 Å². The van der Waals surface area contributed by atoms with Gasteiger partial charge in [-0.1, -0.05) is 25.1 Å². The summed E-state index contributed by atoms with van der Waals surface area (Å²) in [6, 6.07) is 8.97. The number of nitrogens with zero attached hydrogens (tertiary/aromatic N) is 1. The average molecular weight is 262 g/mol. The van der Waals surface area contributed by atoms with E-state index in [1.807, 2.05) is 37.3 Å². The van der Waals surface area contributed by atoms with E-state index in [9.17, 15) is 9.59 Å². The molecule has 1 aliphatic rings. The van der Waals surface area contributed by atoms with Gasteiger partial charge in [0.05, 0.1) is 6.54 Å². The van der Waals surface area contributed by atoms with Gasteiger partial charge >= 0.3 is 6.03 Å². The standard InChI is InChI=1S/C14H18N2O3/c1-3-14(2)12(17)16(13(18)15-14)9-10-19-11-7-5-4-6-8-11/h4-8H,3,9-10H2,1-2H3,(H,15,18). The molecule has 0 spiro atoms. The number of urea groups is 1. The lowest BCUT2D eigenvalue weighted by Gasteiger charge is -2.19. The molecule has 1 unspecified atom stereocenters. The summed E-state index contributed by atoms with van der Waals surface area (Å²) in [6.07, 6.45) is 0.577. The number of carbonyl (C=O) groups is 2. The maximum Gasteiger partial charge on any atom is 0.325 e. The van der Waals surface area contributed by atoms with E-state index in [4.69, 9.17) is 4.74 Å². The van der Waals surface area contributed by atoms with E-state index in [1.165, 1.54) is 4.90 Å². The Kier molecular flexibility index (Phi) is 3.74. The molecular weight excluding hydrogens is 244 g/mol. The molecule has 0 aliphatic carbocycles. The van der Waals surface area contributed by atoms with Gasteiger partial charge in [0.15, 0.2) is 0 Å². The zero-order chi connectivity index (χ0) is 13.9. The number of para-hydroxylation sites is 1. The van der Waals surface area contributed by atoms with E-state index >= 15 is 0 Å². The van der Waals surface area contributed by atoms with Gasteiger partial charge in [-0.2, -0.15) is 0 Å². The molecule has 1 saturated heterocycles. The molecule has 1 aromatic rings. The number of nitrogens with one attached hydrogen (secondary N) is 1. The molecule has 1 atom stereocenters. The fourth-order valence-electron chi connectivity index (χ4n) is 1.96. The summed E-state index contributed by atoms with van der Waals surface area (Å²) in [6.45, 7) is 4.17. The molecule has 102 valence electrons. The van der Waals surface area contributed by atoms with Crippen molar-refractivity contribution in [1.82, 2.24) is 10.2 Å². The number of ether oxygens (including phenoxy) is 1.